The molecule has 0 saturated heterocycles. The Morgan fingerprint density at radius 3 is 2.36 bits per heavy atom. The molecule has 28 heavy (non-hydrogen) atoms. The van der Waals surface area contributed by atoms with E-state index in [2.05, 4.69) is 5.32 Å². The van der Waals surface area contributed by atoms with Gasteiger partial charge in [0.25, 0.3) is 0 Å². The number of methoxy groups -OCH3 is 1. The molecular formula is C19H23ClN2O5S. The zero-order valence-electron chi connectivity index (χ0n) is 15.9. The summed E-state index contributed by atoms with van der Waals surface area (Å²) in [6.07, 6.45) is 0. The van der Waals surface area contributed by atoms with E-state index < -0.39 is 15.9 Å². The van der Waals surface area contributed by atoms with Crippen LogP contribution in [0.5, 0.6) is 11.5 Å². The summed E-state index contributed by atoms with van der Waals surface area (Å²) >= 11 is 5.78. The first-order valence-electron chi connectivity index (χ1n) is 8.51. The summed E-state index contributed by atoms with van der Waals surface area (Å²) in [7, 11) is -0.892. The second-order valence-corrected chi connectivity index (χ2v) is 8.63. The van der Waals surface area contributed by atoms with Crippen LogP contribution in [-0.4, -0.2) is 52.0 Å². The molecule has 0 aliphatic rings. The van der Waals surface area contributed by atoms with E-state index in [-0.39, 0.29) is 24.1 Å². The Kier molecular flexibility index (Phi) is 7.68. The topological polar surface area (TPSA) is 84.9 Å². The number of nitrogens with one attached hydrogen (secondary N) is 1. The summed E-state index contributed by atoms with van der Waals surface area (Å²) in [6, 6.07) is 12.6. The highest BCUT2D eigenvalue weighted by Gasteiger charge is 2.23. The molecule has 1 N–H and O–H groups in total. The van der Waals surface area contributed by atoms with E-state index >= 15 is 0 Å². The molecule has 0 bridgehead atoms. The number of rotatable bonds is 9. The normalized spacial score (nSPS) is 12.5. The number of hydrogen-bond acceptors (Lipinski definition) is 5. The number of ether oxygens (including phenoxy) is 2. The Bertz CT molecular complexity index is 903. The van der Waals surface area contributed by atoms with Crippen molar-refractivity contribution in [2.45, 2.75) is 17.9 Å². The van der Waals surface area contributed by atoms with Crippen molar-refractivity contribution in [3.05, 3.63) is 53.6 Å². The van der Waals surface area contributed by atoms with E-state index in [9.17, 15) is 13.2 Å². The van der Waals surface area contributed by atoms with E-state index in [4.69, 9.17) is 21.1 Å². The molecule has 0 spiro atoms. The summed E-state index contributed by atoms with van der Waals surface area (Å²) < 4.78 is 36.9. The molecule has 7 nitrogen and oxygen atoms in total. The lowest BCUT2D eigenvalue weighted by atomic mass is 10.3. The van der Waals surface area contributed by atoms with Crippen LogP contribution >= 0.6 is 11.6 Å². The van der Waals surface area contributed by atoms with Crippen LogP contribution in [-0.2, 0) is 14.8 Å². The second kappa shape index (κ2) is 9.77. The third kappa shape index (κ3) is 5.85. The molecule has 0 radical (unpaired) electrons. The number of nitrogens with zero attached hydrogens (tertiary/aromatic N) is 1. The summed E-state index contributed by atoms with van der Waals surface area (Å²) in [5.41, 5.74) is 0. The number of para-hydroxylation sites is 2. The van der Waals surface area contributed by atoms with Crippen molar-refractivity contribution >= 4 is 27.5 Å². The molecule has 0 saturated carbocycles. The minimum atomic E-state index is -3.78. The lowest BCUT2D eigenvalue weighted by molar-refractivity contribution is -0.121. The standard InChI is InChI=1S/C19H23ClN2O5S/c1-14(13-27-18-7-5-4-6-17(18)26-3)21-19(23)12-22(2)28(24,25)16-10-8-15(20)9-11-16/h4-11,14H,12-13H2,1-3H3,(H,21,23)/t14-/m1/s1. The molecule has 0 fully saturated rings. The van der Waals surface area contributed by atoms with E-state index in [0.29, 0.717) is 16.5 Å². The molecule has 0 aromatic heterocycles. The van der Waals surface area contributed by atoms with Gasteiger partial charge < -0.3 is 14.8 Å². The Balaban J connectivity index is 1.89. The number of carbonyl (C=O) groups is 1. The smallest absolute Gasteiger partial charge is 0.243 e. The zero-order valence-corrected chi connectivity index (χ0v) is 17.5. The Hall–Kier alpha value is -2.29. The molecule has 1 atom stereocenters. The van der Waals surface area contributed by atoms with Gasteiger partial charge in [0.2, 0.25) is 15.9 Å². The summed E-state index contributed by atoms with van der Waals surface area (Å²) in [4.78, 5) is 12.3. The number of hydrogen-bond donors (Lipinski definition) is 1. The molecule has 9 heteroatoms. The van der Waals surface area contributed by atoms with Crippen molar-refractivity contribution in [2.24, 2.45) is 0 Å². The fourth-order valence-electron chi connectivity index (χ4n) is 2.39. The van der Waals surface area contributed by atoms with Gasteiger partial charge in [-0.25, -0.2) is 8.42 Å². The quantitative estimate of drug-likeness (QED) is 0.666. The van der Waals surface area contributed by atoms with Gasteiger partial charge in [-0.15, -0.1) is 0 Å². The van der Waals surface area contributed by atoms with Crippen molar-refractivity contribution < 1.29 is 22.7 Å². The van der Waals surface area contributed by atoms with Crippen LogP contribution in [0.4, 0.5) is 0 Å². The molecule has 0 heterocycles. The van der Waals surface area contributed by atoms with E-state index in [0.717, 1.165) is 4.31 Å². The van der Waals surface area contributed by atoms with Crippen LogP contribution in [0.15, 0.2) is 53.4 Å². The fraction of sp³-hybridized carbons (Fsp3) is 0.316. The highest BCUT2D eigenvalue weighted by atomic mass is 35.5. The highest BCUT2D eigenvalue weighted by molar-refractivity contribution is 7.89. The number of sulfonamides is 1. The number of likely N-dealkylation sites (N-methyl/N-ethyl adjacent to an activating group) is 1. The number of benzene rings is 2. The first kappa shape index (κ1) is 22.0. The van der Waals surface area contributed by atoms with E-state index in [1.165, 1.54) is 31.3 Å². The van der Waals surface area contributed by atoms with Crippen LogP contribution in [0.1, 0.15) is 6.92 Å². The van der Waals surface area contributed by atoms with Crippen LogP contribution in [0, 0.1) is 0 Å². The van der Waals surface area contributed by atoms with Gasteiger partial charge in [0.1, 0.15) is 6.61 Å². The SMILES string of the molecule is COc1ccccc1OC[C@@H](C)NC(=O)CN(C)S(=O)(=O)c1ccc(Cl)cc1. The lowest BCUT2D eigenvalue weighted by Crippen LogP contribution is -2.43. The maximum absolute atomic E-state index is 12.5. The van der Waals surface area contributed by atoms with Crippen LogP contribution in [0.3, 0.4) is 0 Å². The fourth-order valence-corrected chi connectivity index (χ4v) is 3.64. The molecular weight excluding hydrogens is 404 g/mol. The molecule has 0 unspecified atom stereocenters. The van der Waals surface area contributed by atoms with Crippen molar-refractivity contribution in [3.8, 4) is 11.5 Å². The average Bonchev–Trinajstić information content (AvgIpc) is 2.66. The van der Waals surface area contributed by atoms with Crippen LogP contribution in [0.25, 0.3) is 0 Å². The van der Waals surface area contributed by atoms with Gasteiger partial charge in [-0.2, -0.15) is 4.31 Å². The predicted molar refractivity (Wildman–Crippen MR) is 107 cm³/mol. The molecule has 1 amide bonds. The van der Waals surface area contributed by atoms with Crippen molar-refractivity contribution in [1.82, 2.24) is 9.62 Å². The van der Waals surface area contributed by atoms with Crippen LogP contribution < -0.4 is 14.8 Å². The molecule has 2 aromatic rings. The Labute approximate surface area is 170 Å². The summed E-state index contributed by atoms with van der Waals surface area (Å²) in [5, 5.41) is 3.15. The maximum atomic E-state index is 12.5. The molecule has 2 aromatic carbocycles. The Morgan fingerprint density at radius 1 is 1.14 bits per heavy atom. The zero-order chi connectivity index (χ0) is 20.7. The van der Waals surface area contributed by atoms with Gasteiger partial charge in [-0.05, 0) is 43.3 Å². The minimum absolute atomic E-state index is 0.0692. The predicted octanol–water partition coefficient (Wildman–Crippen LogP) is 2.55. The maximum Gasteiger partial charge on any atom is 0.243 e. The number of halogens is 1. The van der Waals surface area contributed by atoms with Crippen molar-refractivity contribution in [1.29, 1.82) is 0 Å². The minimum Gasteiger partial charge on any atom is -0.493 e. The third-order valence-electron chi connectivity index (χ3n) is 3.85. The largest absolute Gasteiger partial charge is 0.493 e. The van der Waals surface area contributed by atoms with Gasteiger partial charge in [-0.3, -0.25) is 4.79 Å². The highest BCUT2D eigenvalue weighted by Crippen LogP contribution is 2.25. The van der Waals surface area contributed by atoms with Crippen molar-refractivity contribution in [2.75, 3.05) is 27.3 Å². The van der Waals surface area contributed by atoms with Gasteiger partial charge in [-0.1, -0.05) is 23.7 Å². The van der Waals surface area contributed by atoms with Gasteiger partial charge >= 0.3 is 0 Å². The van der Waals surface area contributed by atoms with E-state index in [1.54, 1.807) is 26.2 Å². The molecule has 2 rings (SSSR count). The van der Waals surface area contributed by atoms with Gasteiger partial charge in [0.15, 0.2) is 11.5 Å². The third-order valence-corrected chi connectivity index (χ3v) is 5.92. The average molecular weight is 427 g/mol. The summed E-state index contributed by atoms with van der Waals surface area (Å²) in [6.45, 7) is 1.66. The second-order valence-electron chi connectivity index (χ2n) is 6.15. The van der Waals surface area contributed by atoms with Gasteiger partial charge in [0, 0.05) is 12.1 Å². The van der Waals surface area contributed by atoms with Gasteiger partial charge in [0.05, 0.1) is 24.6 Å². The molecule has 0 aliphatic carbocycles. The van der Waals surface area contributed by atoms with Crippen LogP contribution in [0.2, 0.25) is 5.02 Å². The summed E-state index contributed by atoms with van der Waals surface area (Å²) in [5.74, 6) is 0.722. The first-order chi connectivity index (χ1) is 13.2. The first-order valence-corrected chi connectivity index (χ1v) is 10.3. The molecule has 0 aliphatic heterocycles. The van der Waals surface area contributed by atoms with E-state index in [1.807, 2.05) is 12.1 Å². The lowest BCUT2D eigenvalue weighted by Gasteiger charge is -2.20. The number of carbonyl (C=O) groups excluding carboxylic acids is 1. The number of amides is 1. The Morgan fingerprint density at radius 2 is 1.75 bits per heavy atom. The monoisotopic (exact) mass is 426 g/mol. The van der Waals surface area contributed by atoms with Crippen molar-refractivity contribution in [3.63, 3.8) is 0 Å². The molecule has 152 valence electrons.